The quantitative estimate of drug-likeness (QED) is 0.458. The third-order valence-electron chi connectivity index (χ3n) is 6.08. The molecule has 8 nitrogen and oxygen atoms in total. The molecule has 0 aliphatic carbocycles. The normalized spacial score (nSPS) is 22.5. The minimum absolute atomic E-state index is 0.0422. The molecular weight excluding hydrogens is 432 g/mol. The highest BCUT2D eigenvalue weighted by Gasteiger charge is 2.61. The molecular formula is C23H15ClN4O4. The van der Waals surface area contributed by atoms with Gasteiger partial charge in [-0.25, -0.2) is 5.01 Å². The van der Waals surface area contributed by atoms with Gasteiger partial charge in [0.2, 0.25) is 0 Å². The molecule has 1 amide bonds. The third-order valence-corrected chi connectivity index (χ3v) is 6.33. The number of para-hydroxylation sites is 1. The van der Waals surface area contributed by atoms with E-state index in [2.05, 4.69) is 5.32 Å². The molecule has 2 atom stereocenters. The first kappa shape index (κ1) is 18.8. The van der Waals surface area contributed by atoms with Crippen molar-refractivity contribution in [2.45, 2.75) is 18.2 Å². The zero-order valence-electron chi connectivity index (χ0n) is 16.5. The average Bonchev–Trinajstić information content (AvgIpc) is 3.35. The summed E-state index contributed by atoms with van der Waals surface area (Å²) in [4.78, 5) is 24.3. The Kier molecular flexibility index (Phi) is 3.85. The Morgan fingerprint density at radius 1 is 1.16 bits per heavy atom. The fourth-order valence-electron chi connectivity index (χ4n) is 4.61. The van der Waals surface area contributed by atoms with Gasteiger partial charge in [0, 0.05) is 29.1 Å². The first-order valence-electron chi connectivity index (χ1n) is 9.98. The second-order valence-electron chi connectivity index (χ2n) is 7.84. The van der Waals surface area contributed by atoms with Gasteiger partial charge in [-0.3, -0.25) is 14.9 Å². The summed E-state index contributed by atoms with van der Waals surface area (Å²) in [7, 11) is 0. The van der Waals surface area contributed by atoms with Crippen LogP contribution in [-0.2, 0) is 10.5 Å². The van der Waals surface area contributed by atoms with E-state index in [0.717, 1.165) is 11.3 Å². The van der Waals surface area contributed by atoms with Crippen LogP contribution in [0, 0.1) is 10.1 Å². The molecule has 0 radical (unpaired) electrons. The van der Waals surface area contributed by atoms with Gasteiger partial charge in [-0.1, -0.05) is 41.9 Å². The lowest BCUT2D eigenvalue weighted by molar-refractivity contribution is -0.385. The fourth-order valence-corrected chi connectivity index (χ4v) is 4.74. The number of fused-ring (bicyclic) bond motifs is 6. The summed E-state index contributed by atoms with van der Waals surface area (Å²) in [6.07, 6.45) is 0.455. The van der Waals surface area contributed by atoms with Crippen molar-refractivity contribution < 1.29 is 14.5 Å². The molecule has 3 aromatic carbocycles. The van der Waals surface area contributed by atoms with Gasteiger partial charge in [0.05, 0.1) is 27.9 Å². The van der Waals surface area contributed by atoms with Crippen molar-refractivity contribution in [3.8, 4) is 5.75 Å². The van der Waals surface area contributed by atoms with Crippen molar-refractivity contribution in [1.29, 1.82) is 0 Å². The molecule has 0 saturated carbocycles. The summed E-state index contributed by atoms with van der Waals surface area (Å²) in [5.41, 5.74) is 1.98. The van der Waals surface area contributed by atoms with Gasteiger partial charge in [-0.15, -0.1) is 0 Å². The van der Waals surface area contributed by atoms with E-state index in [4.69, 9.17) is 21.4 Å². The third kappa shape index (κ3) is 2.50. The number of rotatable bonds is 2. The SMILES string of the molecule is O=C1Nc2ccccc2C12Oc1ccc([N+](=O)[O-])cc1C1CC(c3ccc(Cl)cc3)=NN12. The van der Waals surface area contributed by atoms with Gasteiger partial charge in [0.25, 0.3) is 11.6 Å². The van der Waals surface area contributed by atoms with E-state index in [1.165, 1.54) is 12.1 Å². The van der Waals surface area contributed by atoms with E-state index in [1.807, 2.05) is 36.4 Å². The monoisotopic (exact) mass is 446 g/mol. The zero-order chi connectivity index (χ0) is 22.0. The van der Waals surface area contributed by atoms with Crippen LogP contribution < -0.4 is 10.1 Å². The average molecular weight is 447 g/mol. The second kappa shape index (κ2) is 6.54. The Labute approximate surface area is 187 Å². The number of nitrogens with one attached hydrogen (secondary N) is 1. The molecule has 1 spiro atoms. The van der Waals surface area contributed by atoms with Gasteiger partial charge < -0.3 is 10.1 Å². The number of hydrazone groups is 1. The Morgan fingerprint density at radius 2 is 1.94 bits per heavy atom. The highest BCUT2D eigenvalue weighted by Crippen LogP contribution is 2.54. The molecule has 0 aromatic heterocycles. The maximum atomic E-state index is 13.4. The van der Waals surface area contributed by atoms with Crippen molar-refractivity contribution in [2.24, 2.45) is 5.10 Å². The molecule has 9 heteroatoms. The lowest BCUT2D eigenvalue weighted by Crippen LogP contribution is -2.55. The summed E-state index contributed by atoms with van der Waals surface area (Å²) in [5, 5.41) is 21.4. The standard InChI is InChI=1S/C23H15ClN4O4/c24-14-7-5-13(6-8-14)19-12-20-16-11-15(28(30)31)9-10-21(16)32-23(27(20)26-19)17-3-1-2-4-18(17)25-22(23)29/h1-11,20H,12H2,(H,25,29). The molecule has 6 rings (SSSR count). The molecule has 3 aromatic rings. The van der Waals surface area contributed by atoms with Crippen LogP contribution in [0.3, 0.4) is 0 Å². The lowest BCUT2D eigenvalue weighted by atomic mass is 9.92. The Balaban J connectivity index is 1.56. The van der Waals surface area contributed by atoms with Crippen LogP contribution in [0.5, 0.6) is 5.75 Å². The largest absolute Gasteiger partial charge is 0.453 e. The van der Waals surface area contributed by atoms with E-state index in [0.29, 0.717) is 34.0 Å². The number of hydrogen-bond acceptors (Lipinski definition) is 6. The molecule has 0 saturated heterocycles. The van der Waals surface area contributed by atoms with E-state index in [-0.39, 0.29) is 11.6 Å². The number of carbonyl (C=O) groups excluding carboxylic acids is 1. The topological polar surface area (TPSA) is 97.1 Å². The molecule has 3 aliphatic rings. The zero-order valence-corrected chi connectivity index (χ0v) is 17.2. The summed E-state index contributed by atoms with van der Waals surface area (Å²) in [5.74, 6) is 0.0741. The van der Waals surface area contributed by atoms with Crippen LogP contribution >= 0.6 is 11.6 Å². The summed E-state index contributed by atoms with van der Waals surface area (Å²) < 4.78 is 6.33. The number of amides is 1. The van der Waals surface area contributed by atoms with Crippen LogP contribution in [0.1, 0.15) is 29.2 Å². The number of non-ortho nitro benzene ring substituents is 1. The van der Waals surface area contributed by atoms with E-state index in [9.17, 15) is 14.9 Å². The summed E-state index contributed by atoms with van der Waals surface area (Å²) in [6.45, 7) is 0. The van der Waals surface area contributed by atoms with Crippen molar-refractivity contribution >= 4 is 34.6 Å². The Hall–Kier alpha value is -3.91. The van der Waals surface area contributed by atoms with Crippen LogP contribution in [0.15, 0.2) is 71.8 Å². The minimum Gasteiger partial charge on any atom is -0.453 e. The number of nitro benzene ring substituents is 1. The molecule has 1 N–H and O–H groups in total. The summed E-state index contributed by atoms with van der Waals surface area (Å²) in [6, 6.07) is 18.6. The number of anilines is 1. The molecule has 2 unspecified atom stereocenters. The Bertz CT molecular complexity index is 1340. The van der Waals surface area contributed by atoms with Gasteiger partial charge in [0.1, 0.15) is 5.75 Å². The van der Waals surface area contributed by atoms with E-state index < -0.39 is 16.7 Å². The van der Waals surface area contributed by atoms with Gasteiger partial charge in [-0.2, -0.15) is 5.10 Å². The van der Waals surface area contributed by atoms with Crippen LogP contribution in [-0.4, -0.2) is 21.6 Å². The summed E-state index contributed by atoms with van der Waals surface area (Å²) >= 11 is 6.04. The maximum Gasteiger partial charge on any atom is 0.306 e. The van der Waals surface area contributed by atoms with Crippen LogP contribution in [0.2, 0.25) is 5.02 Å². The number of halogens is 1. The van der Waals surface area contributed by atoms with Gasteiger partial charge in [-0.05, 0) is 29.8 Å². The van der Waals surface area contributed by atoms with Crippen molar-refractivity contribution in [2.75, 3.05) is 5.32 Å². The van der Waals surface area contributed by atoms with Crippen LogP contribution in [0.25, 0.3) is 0 Å². The van der Waals surface area contributed by atoms with Crippen molar-refractivity contribution in [3.05, 3.63) is 98.6 Å². The maximum absolute atomic E-state index is 13.4. The molecule has 32 heavy (non-hydrogen) atoms. The molecule has 3 heterocycles. The predicted molar refractivity (Wildman–Crippen MR) is 118 cm³/mol. The number of nitro groups is 1. The molecule has 158 valence electrons. The predicted octanol–water partition coefficient (Wildman–Crippen LogP) is 4.60. The number of hydrogen-bond donors (Lipinski definition) is 1. The van der Waals surface area contributed by atoms with Crippen molar-refractivity contribution in [1.82, 2.24) is 5.01 Å². The second-order valence-corrected chi connectivity index (χ2v) is 8.28. The highest BCUT2D eigenvalue weighted by molar-refractivity contribution is 6.30. The Morgan fingerprint density at radius 3 is 2.72 bits per heavy atom. The minimum atomic E-state index is -1.50. The number of carbonyl (C=O) groups is 1. The smallest absolute Gasteiger partial charge is 0.306 e. The molecule has 0 bridgehead atoms. The number of benzene rings is 3. The molecule has 0 fully saturated rings. The highest BCUT2D eigenvalue weighted by atomic mass is 35.5. The van der Waals surface area contributed by atoms with Crippen molar-refractivity contribution in [3.63, 3.8) is 0 Å². The van der Waals surface area contributed by atoms with Gasteiger partial charge in [0.15, 0.2) is 0 Å². The van der Waals surface area contributed by atoms with E-state index >= 15 is 0 Å². The first-order valence-corrected chi connectivity index (χ1v) is 10.4. The van der Waals surface area contributed by atoms with Crippen LogP contribution in [0.4, 0.5) is 11.4 Å². The lowest BCUT2D eigenvalue weighted by Gasteiger charge is -2.43. The molecule has 3 aliphatic heterocycles. The van der Waals surface area contributed by atoms with E-state index in [1.54, 1.807) is 23.2 Å². The first-order chi connectivity index (χ1) is 15.5. The van der Waals surface area contributed by atoms with Gasteiger partial charge >= 0.3 is 5.72 Å². The fraction of sp³-hybridized carbons (Fsp3) is 0.130. The number of nitrogens with zero attached hydrogens (tertiary/aromatic N) is 3. The number of ether oxygens (including phenoxy) is 1.